The van der Waals surface area contributed by atoms with E-state index in [2.05, 4.69) is 40.2 Å². The molecule has 1 aliphatic heterocycles. The second-order valence-electron chi connectivity index (χ2n) is 7.57. The van der Waals surface area contributed by atoms with Crippen LogP contribution in [0.1, 0.15) is 24.3 Å². The maximum atomic E-state index is 13.2. The Morgan fingerprint density at radius 2 is 1.69 bits per heavy atom. The van der Waals surface area contributed by atoms with Gasteiger partial charge in [-0.1, -0.05) is 41.9 Å². The van der Waals surface area contributed by atoms with Crippen LogP contribution in [0.15, 0.2) is 53.0 Å². The van der Waals surface area contributed by atoms with E-state index in [1.54, 1.807) is 18.2 Å². The molecule has 0 radical (unpaired) electrons. The van der Waals surface area contributed by atoms with Crippen LogP contribution in [0.3, 0.4) is 0 Å². The molecule has 5 atom stereocenters. The van der Waals surface area contributed by atoms with Gasteiger partial charge in [-0.15, -0.1) is 0 Å². The van der Waals surface area contributed by atoms with Gasteiger partial charge < -0.3 is 0 Å². The van der Waals surface area contributed by atoms with E-state index in [0.717, 1.165) is 17.3 Å². The third kappa shape index (κ3) is 2.25. The monoisotopic (exact) mass is 429 g/mol. The van der Waals surface area contributed by atoms with Crippen molar-refractivity contribution in [1.29, 1.82) is 0 Å². The first-order valence-electron chi connectivity index (χ1n) is 8.94. The van der Waals surface area contributed by atoms with E-state index in [-0.39, 0.29) is 29.6 Å². The van der Waals surface area contributed by atoms with Gasteiger partial charge in [0.15, 0.2) is 0 Å². The molecule has 2 aliphatic carbocycles. The second-order valence-corrected chi connectivity index (χ2v) is 8.84. The number of hydrogen-bond donors (Lipinski definition) is 0. The highest BCUT2D eigenvalue weighted by atomic mass is 79.9. The average molecular weight is 431 g/mol. The Morgan fingerprint density at radius 1 is 0.962 bits per heavy atom. The highest BCUT2D eigenvalue weighted by Gasteiger charge is 2.64. The van der Waals surface area contributed by atoms with Crippen molar-refractivity contribution in [2.24, 2.45) is 23.7 Å². The number of benzene rings is 2. The molecular weight excluding hydrogens is 414 g/mol. The lowest BCUT2D eigenvalue weighted by Crippen LogP contribution is -2.32. The van der Waals surface area contributed by atoms with Crippen LogP contribution in [0.4, 0.5) is 5.69 Å². The number of halogens is 2. The van der Waals surface area contributed by atoms with Crippen LogP contribution >= 0.6 is 27.5 Å². The summed E-state index contributed by atoms with van der Waals surface area (Å²) in [7, 11) is 0. The number of nitrogens with zero attached hydrogens (tertiary/aromatic N) is 1. The van der Waals surface area contributed by atoms with Crippen LogP contribution < -0.4 is 4.90 Å². The Kier molecular flexibility index (Phi) is 3.77. The summed E-state index contributed by atoms with van der Waals surface area (Å²) in [6, 6.07) is 15.7. The van der Waals surface area contributed by atoms with Crippen molar-refractivity contribution in [3.05, 3.63) is 63.6 Å². The van der Waals surface area contributed by atoms with Gasteiger partial charge in [-0.25, -0.2) is 4.90 Å². The highest BCUT2D eigenvalue weighted by Crippen LogP contribution is 2.61. The van der Waals surface area contributed by atoms with Crippen molar-refractivity contribution in [2.45, 2.75) is 18.8 Å². The number of anilines is 1. The third-order valence-corrected chi connectivity index (χ3v) is 7.64. The number of rotatable bonds is 2. The normalized spacial score (nSPS) is 32.4. The summed E-state index contributed by atoms with van der Waals surface area (Å²) in [5, 5.41) is 0.505. The van der Waals surface area contributed by atoms with E-state index in [0.29, 0.717) is 22.5 Å². The van der Waals surface area contributed by atoms with Gasteiger partial charge in [-0.2, -0.15) is 0 Å². The van der Waals surface area contributed by atoms with Crippen LogP contribution in [-0.4, -0.2) is 11.8 Å². The van der Waals surface area contributed by atoms with Crippen LogP contribution in [0.2, 0.25) is 5.02 Å². The van der Waals surface area contributed by atoms with Gasteiger partial charge in [0, 0.05) is 4.47 Å². The van der Waals surface area contributed by atoms with Crippen LogP contribution in [0, 0.1) is 23.7 Å². The molecule has 0 aromatic heterocycles. The molecule has 0 N–H and O–H groups in total. The summed E-state index contributed by atoms with van der Waals surface area (Å²) in [6.07, 6.45) is 1.99. The van der Waals surface area contributed by atoms with Gasteiger partial charge >= 0.3 is 0 Å². The fraction of sp³-hybridized carbons (Fsp3) is 0.333. The average Bonchev–Trinajstić information content (AvgIpc) is 3.30. The smallest absolute Gasteiger partial charge is 0.237 e. The molecule has 3 nitrogen and oxygen atoms in total. The van der Waals surface area contributed by atoms with E-state index >= 15 is 0 Å². The SMILES string of the molecule is O=C1C2C3CC(c4ccccc4)C(C3)C2C(=O)N1c1ccc(Br)c(Cl)c1. The fourth-order valence-corrected chi connectivity index (χ4v) is 5.84. The zero-order valence-corrected chi connectivity index (χ0v) is 16.3. The second kappa shape index (κ2) is 5.93. The third-order valence-electron chi connectivity index (χ3n) is 6.40. The Labute approximate surface area is 165 Å². The summed E-state index contributed by atoms with van der Waals surface area (Å²) in [6.45, 7) is 0. The van der Waals surface area contributed by atoms with Gasteiger partial charge in [0.25, 0.3) is 0 Å². The lowest BCUT2D eigenvalue weighted by Gasteiger charge is -2.28. The van der Waals surface area contributed by atoms with E-state index in [1.165, 1.54) is 10.5 Å². The van der Waals surface area contributed by atoms with Crippen molar-refractivity contribution in [3.8, 4) is 0 Å². The van der Waals surface area contributed by atoms with Gasteiger partial charge in [0.05, 0.1) is 22.5 Å². The molecule has 2 bridgehead atoms. The number of amides is 2. The van der Waals surface area contributed by atoms with Crippen molar-refractivity contribution < 1.29 is 9.59 Å². The standard InChI is InChI=1S/C21H17BrClNO2/c22-16-7-6-13(10-17(16)23)24-20(25)18-12-8-14(11-4-2-1-3-5-11)15(9-12)19(18)21(24)26/h1-7,10,12,14-15,18-19H,8-9H2. The molecule has 5 heteroatoms. The molecule has 26 heavy (non-hydrogen) atoms. The van der Waals surface area contributed by atoms with Crippen molar-refractivity contribution in [1.82, 2.24) is 0 Å². The van der Waals surface area contributed by atoms with Gasteiger partial charge in [0.2, 0.25) is 11.8 Å². The highest BCUT2D eigenvalue weighted by molar-refractivity contribution is 9.10. The van der Waals surface area contributed by atoms with E-state index in [9.17, 15) is 9.59 Å². The minimum atomic E-state index is -0.186. The lowest BCUT2D eigenvalue weighted by atomic mass is 9.73. The van der Waals surface area contributed by atoms with Crippen LogP contribution in [0.5, 0.6) is 0 Å². The summed E-state index contributed by atoms with van der Waals surface area (Å²) < 4.78 is 0.756. The van der Waals surface area contributed by atoms with Crippen LogP contribution in [-0.2, 0) is 9.59 Å². The molecule has 1 heterocycles. The number of carbonyl (C=O) groups is 2. The molecule has 3 aliphatic rings. The quantitative estimate of drug-likeness (QED) is 0.627. The van der Waals surface area contributed by atoms with Crippen molar-refractivity contribution in [3.63, 3.8) is 0 Å². The first-order chi connectivity index (χ1) is 12.6. The van der Waals surface area contributed by atoms with E-state index in [4.69, 9.17) is 11.6 Å². The summed E-state index contributed by atoms with van der Waals surface area (Å²) >= 11 is 9.54. The molecule has 0 spiro atoms. The molecular formula is C21H17BrClNO2. The molecule has 5 unspecified atom stereocenters. The molecule has 2 saturated carbocycles. The van der Waals surface area contributed by atoms with Crippen molar-refractivity contribution >= 4 is 45.0 Å². The largest absolute Gasteiger partial charge is 0.274 e. The molecule has 2 amide bonds. The predicted molar refractivity (Wildman–Crippen MR) is 104 cm³/mol. The predicted octanol–water partition coefficient (Wildman–Crippen LogP) is 5.03. The summed E-state index contributed by atoms with van der Waals surface area (Å²) in [5.74, 6) is 0.516. The minimum absolute atomic E-state index is 0.0441. The van der Waals surface area contributed by atoms with Gasteiger partial charge in [0.1, 0.15) is 0 Å². The van der Waals surface area contributed by atoms with Gasteiger partial charge in [-0.05, 0) is 70.3 Å². The number of imide groups is 1. The Balaban J connectivity index is 1.50. The number of hydrogen-bond acceptors (Lipinski definition) is 2. The Bertz CT molecular complexity index is 915. The van der Waals surface area contributed by atoms with E-state index in [1.807, 2.05) is 6.07 Å². The summed E-state index contributed by atoms with van der Waals surface area (Å²) in [5.41, 5.74) is 1.88. The zero-order valence-electron chi connectivity index (χ0n) is 13.9. The Hall–Kier alpha value is -1.65. The van der Waals surface area contributed by atoms with Crippen LogP contribution in [0.25, 0.3) is 0 Å². The first-order valence-corrected chi connectivity index (χ1v) is 10.1. The number of fused-ring (bicyclic) bond motifs is 5. The molecule has 132 valence electrons. The van der Waals surface area contributed by atoms with Gasteiger partial charge in [-0.3, -0.25) is 9.59 Å². The molecule has 5 rings (SSSR count). The van der Waals surface area contributed by atoms with E-state index < -0.39 is 0 Å². The number of carbonyl (C=O) groups excluding carboxylic acids is 2. The maximum absolute atomic E-state index is 13.2. The molecule has 2 aromatic rings. The molecule has 1 saturated heterocycles. The topological polar surface area (TPSA) is 37.4 Å². The first kappa shape index (κ1) is 16.5. The lowest BCUT2D eigenvalue weighted by molar-refractivity contribution is -0.123. The fourth-order valence-electron chi connectivity index (χ4n) is 5.42. The zero-order chi connectivity index (χ0) is 18.0. The maximum Gasteiger partial charge on any atom is 0.237 e. The summed E-state index contributed by atoms with van der Waals surface area (Å²) in [4.78, 5) is 27.7. The minimum Gasteiger partial charge on any atom is -0.274 e. The Morgan fingerprint density at radius 3 is 2.42 bits per heavy atom. The molecule has 3 fully saturated rings. The van der Waals surface area contributed by atoms with Crippen molar-refractivity contribution in [2.75, 3.05) is 4.90 Å². The molecule has 2 aromatic carbocycles.